The Bertz CT molecular complexity index is 1170. The van der Waals surface area contributed by atoms with Gasteiger partial charge in [-0.05, 0) is 42.0 Å². The van der Waals surface area contributed by atoms with E-state index in [9.17, 15) is 4.79 Å². The first-order chi connectivity index (χ1) is 14.7. The molecule has 30 heavy (non-hydrogen) atoms. The van der Waals surface area contributed by atoms with Crippen LogP contribution in [0.3, 0.4) is 0 Å². The van der Waals surface area contributed by atoms with Crippen molar-refractivity contribution in [3.05, 3.63) is 89.3 Å². The van der Waals surface area contributed by atoms with Crippen LogP contribution in [-0.4, -0.2) is 25.1 Å². The highest BCUT2D eigenvalue weighted by Crippen LogP contribution is 2.24. The van der Waals surface area contributed by atoms with Gasteiger partial charge in [0.05, 0.1) is 14.2 Å². The molecular weight excluding hydrogens is 380 g/mol. The maximum absolute atomic E-state index is 12.7. The van der Waals surface area contributed by atoms with Crippen LogP contribution in [0.2, 0.25) is 0 Å². The summed E-state index contributed by atoms with van der Waals surface area (Å²) in [6.07, 6.45) is 0.604. The number of nitrogens with one attached hydrogen (secondary N) is 1. The van der Waals surface area contributed by atoms with E-state index in [1.165, 1.54) is 0 Å². The quantitative estimate of drug-likeness (QED) is 0.497. The first kappa shape index (κ1) is 19.5. The predicted molar refractivity (Wildman–Crippen MR) is 114 cm³/mol. The molecule has 0 radical (unpaired) electrons. The number of amides is 1. The van der Waals surface area contributed by atoms with Crippen molar-refractivity contribution in [1.29, 1.82) is 0 Å². The predicted octanol–water partition coefficient (Wildman–Crippen LogP) is 4.37. The van der Waals surface area contributed by atoms with Crippen LogP contribution in [-0.2, 0) is 13.0 Å². The summed E-state index contributed by atoms with van der Waals surface area (Å²) in [6, 6.07) is 20.7. The lowest BCUT2D eigenvalue weighted by atomic mass is 10.1. The molecule has 3 aromatic carbocycles. The van der Waals surface area contributed by atoms with Gasteiger partial charge < -0.3 is 19.2 Å². The van der Waals surface area contributed by atoms with Gasteiger partial charge in [0.25, 0.3) is 5.91 Å². The Kier molecular flexibility index (Phi) is 5.66. The minimum Gasteiger partial charge on any atom is -0.497 e. The number of hydrogen-bond donors (Lipinski definition) is 1. The van der Waals surface area contributed by atoms with Crippen LogP contribution >= 0.6 is 0 Å². The van der Waals surface area contributed by atoms with E-state index in [1.807, 2.05) is 48.5 Å². The van der Waals surface area contributed by atoms with Gasteiger partial charge in [-0.15, -0.1) is 0 Å². The van der Waals surface area contributed by atoms with Gasteiger partial charge in [-0.3, -0.25) is 4.79 Å². The average molecular weight is 402 g/mol. The highest BCUT2D eigenvalue weighted by molar-refractivity contribution is 5.97. The molecule has 0 atom stereocenters. The Labute approximate surface area is 174 Å². The number of carbonyl (C=O) groups is 1. The highest BCUT2D eigenvalue weighted by Gasteiger charge is 2.13. The standard InChI is InChI=1S/C24H22N2O4/c1-28-19-9-11-21(29-2)18(13-19)15-25-24(27)17-8-10-20-22(14-17)30-23(26-20)12-16-6-4-3-5-7-16/h3-11,13-14H,12,15H2,1-2H3,(H,25,27). The molecule has 152 valence electrons. The van der Waals surface area contributed by atoms with Gasteiger partial charge in [0.15, 0.2) is 11.5 Å². The van der Waals surface area contributed by atoms with E-state index in [0.717, 1.165) is 16.6 Å². The molecule has 4 rings (SSSR count). The largest absolute Gasteiger partial charge is 0.497 e. The molecular formula is C24H22N2O4. The maximum atomic E-state index is 12.7. The van der Waals surface area contributed by atoms with Crippen LogP contribution in [0.1, 0.15) is 27.4 Å². The summed E-state index contributed by atoms with van der Waals surface area (Å²) in [4.78, 5) is 17.2. The van der Waals surface area contributed by atoms with Crippen LogP contribution in [0.15, 0.2) is 71.1 Å². The van der Waals surface area contributed by atoms with Gasteiger partial charge in [-0.2, -0.15) is 0 Å². The van der Waals surface area contributed by atoms with Crippen LogP contribution in [0, 0.1) is 0 Å². The van der Waals surface area contributed by atoms with Gasteiger partial charge in [0.2, 0.25) is 0 Å². The van der Waals surface area contributed by atoms with Gasteiger partial charge in [0.1, 0.15) is 17.0 Å². The second-order valence-corrected chi connectivity index (χ2v) is 6.81. The normalized spacial score (nSPS) is 10.7. The maximum Gasteiger partial charge on any atom is 0.251 e. The summed E-state index contributed by atoms with van der Waals surface area (Å²) in [7, 11) is 3.20. The van der Waals surface area contributed by atoms with Crippen LogP contribution in [0.4, 0.5) is 0 Å². The third kappa shape index (κ3) is 4.27. The van der Waals surface area contributed by atoms with E-state index >= 15 is 0 Å². The van der Waals surface area contributed by atoms with Crippen molar-refractivity contribution < 1.29 is 18.7 Å². The molecule has 4 aromatic rings. The molecule has 0 unspecified atom stereocenters. The molecule has 1 N–H and O–H groups in total. The molecule has 0 aliphatic heterocycles. The van der Waals surface area contributed by atoms with Crippen molar-refractivity contribution in [1.82, 2.24) is 10.3 Å². The molecule has 6 nitrogen and oxygen atoms in total. The second kappa shape index (κ2) is 8.69. The van der Waals surface area contributed by atoms with Gasteiger partial charge in [-0.1, -0.05) is 30.3 Å². The van der Waals surface area contributed by atoms with Gasteiger partial charge in [0, 0.05) is 24.1 Å². The number of hydrogen-bond acceptors (Lipinski definition) is 5. The Morgan fingerprint density at radius 3 is 2.60 bits per heavy atom. The number of benzene rings is 3. The Hall–Kier alpha value is -3.80. The zero-order chi connectivity index (χ0) is 20.9. The molecule has 0 spiro atoms. The highest BCUT2D eigenvalue weighted by atomic mass is 16.5. The number of carbonyl (C=O) groups excluding carboxylic acids is 1. The van der Waals surface area contributed by atoms with E-state index in [0.29, 0.717) is 41.5 Å². The fourth-order valence-electron chi connectivity index (χ4n) is 3.26. The minimum absolute atomic E-state index is 0.206. The van der Waals surface area contributed by atoms with E-state index in [2.05, 4.69) is 10.3 Å². The van der Waals surface area contributed by atoms with Crippen molar-refractivity contribution in [2.75, 3.05) is 14.2 Å². The van der Waals surface area contributed by atoms with E-state index in [1.54, 1.807) is 32.4 Å². The number of nitrogens with zero attached hydrogens (tertiary/aromatic N) is 1. The molecule has 6 heteroatoms. The first-order valence-corrected chi connectivity index (χ1v) is 9.59. The van der Waals surface area contributed by atoms with E-state index in [4.69, 9.17) is 13.9 Å². The lowest BCUT2D eigenvalue weighted by Gasteiger charge is -2.11. The fraction of sp³-hybridized carbons (Fsp3) is 0.167. The molecule has 0 aliphatic carbocycles. The summed E-state index contributed by atoms with van der Waals surface area (Å²) in [5.74, 6) is 1.80. The summed E-state index contributed by atoms with van der Waals surface area (Å²) in [6.45, 7) is 0.312. The van der Waals surface area contributed by atoms with Crippen LogP contribution in [0.25, 0.3) is 11.1 Å². The van der Waals surface area contributed by atoms with E-state index < -0.39 is 0 Å². The zero-order valence-corrected chi connectivity index (χ0v) is 16.8. The number of aromatic nitrogens is 1. The smallest absolute Gasteiger partial charge is 0.251 e. The average Bonchev–Trinajstić information content (AvgIpc) is 3.19. The molecule has 0 saturated carbocycles. The Balaban J connectivity index is 1.48. The van der Waals surface area contributed by atoms with Gasteiger partial charge >= 0.3 is 0 Å². The molecule has 1 amide bonds. The summed E-state index contributed by atoms with van der Waals surface area (Å²) in [5.41, 5.74) is 3.77. The SMILES string of the molecule is COc1ccc(OC)c(CNC(=O)c2ccc3nc(Cc4ccccc4)oc3c2)c1. The minimum atomic E-state index is -0.206. The third-order valence-corrected chi connectivity index (χ3v) is 4.82. The Morgan fingerprint density at radius 1 is 1.00 bits per heavy atom. The zero-order valence-electron chi connectivity index (χ0n) is 16.8. The molecule has 1 heterocycles. The summed E-state index contributed by atoms with van der Waals surface area (Å²) in [5, 5.41) is 2.92. The Morgan fingerprint density at radius 2 is 1.83 bits per heavy atom. The summed E-state index contributed by atoms with van der Waals surface area (Å²) >= 11 is 0. The number of methoxy groups -OCH3 is 2. The first-order valence-electron chi connectivity index (χ1n) is 9.59. The number of oxazole rings is 1. The van der Waals surface area contributed by atoms with Crippen molar-refractivity contribution in [2.45, 2.75) is 13.0 Å². The lowest BCUT2D eigenvalue weighted by molar-refractivity contribution is 0.0950. The van der Waals surface area contributed by atoms with Crippen LogP contribution in [0.5, 0.6) is 11.5 Å². The van der Waals surface area contributed by atoms with Crippen molar-refractivity contribution in [3.8, 4) is 11.5 Å². The van der Waals surface area contributed by atoms with Crippen molar-refractivity contribution in [3.63, 3.8) is 0 Å². The van der Waals surface area contributed by atoms with Crippen molar-refractivity contribution in [2.24, 2.45) is 0 Å². The third-order valence-electron chi connectivity index (χ3n) is 4.82. The fourth-order valence-corrected chi connectivity index (χ4v) is 3.26. The number of fused-ring (bicyclic) bond motifs is 1. The monoisotopic (exact) mass is 402 g/mol. The topological polar surface area (TPSA) is 73.6 Å². The number of rotatable bonds is 7. The molecule has 0 aliphatic rings. The molecule has 1 aromatic heterocycles. The molecule has 0 bridgehead atoms. The summed E-state index contributed by atoms with van der Waals surface area (Å²) < 4.78 is 16.5. The van der Waals surface area contributed by atoms with Crippen molar-refractivity contribution >= 4 is 17.0 Å². The molecule has 0 fully saturated rings. The van der Waals surface area contributed by atoms with E-state index in [-0.39, 0.29) is 5.91 Å². The van der Waals surface area contributed by atoms with Gasteiger partial charge in [-0.25, -0.2) is 4.98 Å². The second-order valence-electron chi connectivity index (χ2n) is 6.81. The number of ether oxygens (including phenoxy) is 2. The van der Waals surface area contributed by atoms with Crippen LogP contribution < -0.4 is 14.8 Å². The lowest BCUT2D eigenvalue weighted by Crippen LogP contribution is -2.23. The molecule has 0 saturated heterocycles.